The quantitative estimate of drug-likeness (QED) is 0.919. The van der Waals surface area contributed by atoms with Crippen molar-refractivity contribution in [2.24, 2.45) is 0 Å². The second-order valence-corrected chi connectivity index (χ2v) is 5.38. The van der Waals surface area contributed by atoms with Gasteiger partial charge < -0.3 is 14.6 Å². The Kier molecular flexibility index (Phi) is 3.63. The maximum absolute atomic E-state index is 5.69. The molecule has 0 amide bonds. The zero-order valence-corrected chi connectivity index (χ0v) is 12.1. The molecule has 0 aromatic carbocycles. The van der Waals surface area contributed by atoms with Crippen LogP contribution < -0.4 is 10.2 Å². The molecule has 1 fully saturated rings. The average molecular weight is 271 g/mol. The Balaban J connectivity index is 1.79. The van der Waals surface area contributed by atoms with Crippen LogP contribution in [0.1, 0.15) is 37.3 Å². The Morgan fingerprint density at radius 2 is 2.05 bits per heavy atom. The van der Waals surface area contributed by atoms with E-state index < -0.39 is 0 Å². The van der Waals surface area contributed by atoms with E-state index in [9.17, 15) is 0 Å². The zero-order chi connectivity index (χ0) is 13.9. The molecule has 0 aliphatic carbocycles. The lowest BCUT2D eigenvalue weighted by atomic mass is 10.2. The van der Waals surface area contributed by atoms with E-state index in [-0.39, 0.29) is 6.04 Å². The van der Waals surface area contributed by atoms with E-state index in [2.05, 4.69) is 28.2 Å². The van der Waals surface area contributed by atoms with Crippen molar-refractivity contribution in [1.29, 1.82) is 0 Å². The lowest BCUT2D eigenvalue weighted by Gasteiger charge is -2.22. The topological polar surface area (TPSA) is 41.3 Å². The number of aryl methyl sites for hydroxylation is 1. The largest absolute Gasteiger partial charge is 0.464 e. The highest BCUT2D eigenvalue weighted by molar-refractivity contribution is 5.66. The van der Waals surface area contributed by atoms with Crippen molar-refractivity contribution in [2.75, 3.05) is 23.3 Å². The van der Waals surface area contributed by atoms with Crippen LogP contribution in [0.25, 0.3) is 0 Å². The predicted octanol–water partition coefficient (Wildman–Crippen LogP) is 3.76. The van der Waals surface area contributed by atoms with Crippen LogP contribution in [0.3, 0.4) is 0 Å². The summed E-state index contributed by atoms with van der Waals surface area (Å²) in [5.74, 6) is 2.96. The van der Waals surface area contributed by atoms with Crippen LogP contribution >= 0.6 is 0 Å². The highest BCUT2D eigenvalue weighted by Crippen LogP contribution is 2.29. The van der Waals surface area contributed by atoms with E-state index in [1.165, 1.54) is 12.8 Å². The van der Waals surface area contributed by atoms with Gasteiger partial charge in [0.1, 0.15) is 11.5 Å². The molecule has 106 valence electrons. The molecule has 3 rings (SSSR count). The third-order valence-corrected chi connectivity index (χ3v) is 3.75. The second-order valence-electron chi connectivity index (χ2n) is 5.38. The number of rotatable bonds is 4. The monoisotopic (exact) mass is 271 g/mol. The Morgan fingerprint density at radius 1 is 1.25 bits per heavy atom. The van der Waals surface area contributed by atoms with Crippen LogP contribution in [0.15, 0.2) is 34.9 Å². The van der Waals surface area contributed by atoms with Gasteiger partial charge in [0.05, 0.1) is 11.7 Å². The maximum Gasteiger partial charge on any atom is 0.151 e. The number of nitrogens with one attached hydrogen (secondary N) is 1. The highest BCUT2D eigenvalue weighted by atomic mass is 16.3. The first kappa shape index (κ1) is 13.0. The zero-order valence-electron chi connectivity index (χ0n) is 12.1. The summed E-state index contributed by atoms with van der Waals surface area (Å²) >= 11 is 0. The van der Waals surface area contributed by atoms with Crippen molar-refractivity contribution in [2.45, 2.75) is 32.7 Å². The van der Waals surface area contributed by atoms with Gasteiger partial charge in [0.25, 0.3) is 0 Å². The molecule has 20 heavy (non-hydrogen) atoms. The fourth-order valence-corrected chi connectivity index (χ4v) is 2.68. The summed E-state index contributed by atoms with van der Waals surface area (Å²) in [7, 11) is 0. The Hall–Kier alpha value is -1.97. The molecule has 1 aliphatic rings. The minimum absolute atomic E-state index is 0.134. The van der Waals surface area contributed by atoms with Crippen molar-refractivity contribution in [3.63, 3.8) is 0 Å². The van der Waals surface area contributed by atoms with Gasteiger partial charge in [-0.3, -0.25) is 0 Å². The molecule has 1 atom stereocenters. The van der Waals surface area contributed by atoms with E-state index >= 15 is 0 Å². The maximum atomic E-state index is 5.69. The van der Waals surface area contributed by atoms with Gasteiger partial charge in [-0.2, -0.15) is 0 Å². The van der Waals surface area contributed by atoms with E-state index in [0.717, 1.165) is 36.1 Å². The fraction of sp³-hybridized carbons (Fsp3) is 0.438. The van der Waals surface area contributed by atoms with Gasteiger partial charge in [0.15, 0.2) is 5.82 Å². The number of hydrogen-bond acceptors (Lipinski definition) is 4. The smallest absolute Gasteiger partial charge is 0.151 e. The first-order valence-electron chi connectivity index (χ1n) is 7.27. The molecule has 1 N–H and O–H groups in total. The van der Waals surface area contributed by atoms with Crippen molar-refractivity contribution < 1.29 is 4.42 Å². The lowest BCUT2D eigenvalue weighted by molar-refractivity contribution is 0.467. The minimum Gasteiger partial charge on any atom is -0.464 e. The molecular formula is C16H21N3O. The molecule has 1 unspecified atom stereocenters. The van der Waals surface area contributed by atoms with Crippen LogP contribution in [-0.4, -0.2) is 18.1 Å². The predicted molar refractivity (Wildman–Crippen MR) is 81.2 cm³/mol. The molecular weight excluding hydrogens is 250 g/mol. The van der Waals surface area contributed by atoms with Gasteiger partial charge in [-0.1, -0.05) is 0 Å². The van der Waals surface area contributed by atoms with Gasteiger partial charge in [-0.15, -0.1) is 0 Å². The number of nitrogens with zero attached hydrogens (tertiary/aromatic N) is 2. The number of hydrogen-bond donors (Lipinski definition) is 1. The van der Waals surface area contributed by atoms with Gasteiger partial charge in [0.2, 0.25) is 0 Å². The van der Waals surface area contributed by atoms with Gasteiger partial charge in [0, 0.05) is 19.3 Å². The molecule has 3 heterocycles. The van der Waals surface area contributed by atoms with Crippen LogP contribution in [0.2, 0.25) is 0 Å². The van der Waals surface area contributed by atoms with E-state index in [4.69, 9.17) is 4.42 Å². The first-order chi connectivity index (χ1) is 9.74. The molecule has 0 radical (unpaired) electrons. The van der Waals surface area contributed by atoms with Crippen LogP contribution in [0, 0.1) is 6.92 Å². The van der Waals surface area contributed by atoms with Crippen molar-refractivity contribution in [3.05, 3.63) is 42.0 Å². The summed E-state index contributed by atoms with van der Waals surface area (Å²) in [6, 6.07) is 8.22. The van der Waals surface area contributed by atoms with E-state index in [1.54, 1.807) is 0 Å². The average Bonchev–Trinajstić information content (AvgIpc) is 3.10. The molecule has 1 aliphatic heterocycles. The summed E-state index contributed by atoms with van der Waals surface area (Å²) in [5, 5.41) is 3.52. The Morgan fingerprint density at radius 3 is 2.75 bits per heavy atom. The van der Waals surface area contributed by atoms with Crippen molar-refractivity contribution >= 4 is 11.5 Å². The third kappa shape index (κ3) is 2.64. The van der Waals surface area contributed by atoms with Crippen LogP contribution in [0.4, 0.5) is 11.5 Å². The van der Waals surface area contributed by atoms with Gasteiger partial charge >= 0.3 is 0 Å². The SMILES string of the molecule is Cc1ccc(C(C)Nc2cccnc2N2CCCC2)o1. The normalized spacial score (nSPS) is 16.4. The first-order valence-corrected chi connectivity index (χ1v) is 7.27. The molecule has 4 nitrogen and oxygen atoms in total. The molecule has 0 spiro atoms. The van der Waals surface area contributed by atoms with E-state index in [0.29, 0.717) is 0 Å². The number of anilines is 2. The molecule has 2 aromatic rings. The molecule has 4 heteroatoms. The fourth-order valence-electron chi connectivity index (χ4n) is 2.68. The lowest BCUT2D eigenvalue weighted by Crippen LogP contribution is -2.21. The summed E-state index contributed by atoms with van der Waals surface area (Å²) in [5.41, 5.74) is 1.08. The van der Waals surface area contributed by atoms with Gasteiger partial charge in [-0.05, 0) is 51.0 Å². The Bertz CT molecular complexity index is 573. The van der Waals surface area contributed by atoms with E-state index in [1.807, 2.05) is 31.3 Å². The summed E-state index contributed by atoms with van der Waals surface area (Å²) in [6.45, 7) is 6.27. The number of pyridine rings is 1. The van der Waals surface area contributed by atoms with Crippen molar-refractivity contribution in [1.82, 2.24) is 4.98 Å². The second kappa shape index (κ2) is 5.57. The number of aromatic nitrogens is 1. The van der Waals surface area contributed by atoms with Crippen LogP contribution in [-0.2, 0) is 0 Å². The van der Waals surface area contributed by atoms with Crippen molar-refractivity contribution in [3.8, 4) is 0 Å². The standard InChI is InChI=1S/C16H21N3O/c1-12-7-8-15(20-12)13(2)18-14-6-5-9-17-16(14)19-10-3-4-11-19/h5-9,13,18H,3-4,10-11H2,1-2H3. The summed E-state index contributed by atoms with van der Waals surface area (Å²) < 4.78 is 5.69. The molecule has 0 bridgehead atoms. The van der Waals surface area contributed by atoms with Gasteiger partial charge in [-0.25, -0.2) is 4.98 Å². The third-order valence-electron chi connectivity index (χ3n) is 3.75. The highest BCUT2D eigenvalue weighted by Gasteiger charge is 2.18. The molecule has 0 saturated carbocycles. The summed E-state index contributed by atoms with van der Waals surface area (Å²) in [6.07, 6.45) is 4.37. The number of furan rings is 1. The van der Waals surface area contributed by atoms with Crippen LogP contribution in [0.5, 0.6) is 0 Å². The Labute approximate surface area is 119 Å². The summed E-state index contributed by atoms with van der Waals surface area (Å²) in [4.78, 5) is 6.90. The minimum atomic E-state index is 0.134. The molecule has 1 saturated heterocycles. The molecule has 2 aromatic heterocycles.